The van der Waals surface area contributed by atoms with Crippen molar-refractivity contribution in [3.8, 4) is 0 Å². The van der Waals surface area contributed by atoms with Crippen LogP contribution in [0.3, 0.4) is 0 Å². The van der Waals surface area contributed by atoms with Gasteiger partial charge in [-0.05, 0) is 44.4 Å². The van der Waals surface area contributed by atoms with E-state index in [1.165, 1.54) is 0 Å². The zero-order chi connectivity index (χ0) is 15.5. The van der Waals surface area contributed by atoms with Crippen LogP contribution in [0.1, 0.15) is 64.7 Å². The summed E-state index contributed by atoms with van der Waals surface area (Å²) in [5.41, 5.74) is -1.06. The first-order valence-corrected chi connectivity index (χ1v) is 8.27. The number of carbonyl (C=O) groups is 2. The van der Waals surface area contributed by atoms with Crippen molar-refractivity contribution in [1.29, 1.82) is 0 Å². The van der Waals surface area contributed by atoms with E-state index >= 15 is 0 Å². The smallest absolute Gasteiger partial charge is 0.329 e. The molecular weight excluding hydrogens is 268 g/mol. The average Bonchev–Trinajstić information content (AvgIpc) is 3.01. The van der Waals surface area contributed by atoms with Crippen molar-refractivity contribution in [3.05, 3.63) is 0 Å². The number of rotatable bonds is 4. The summed E-state index contributed by atoms with van der Waals surface area (Å²) in [7, 11) is 1.79. The molecule has 2 amide bonds. The highest BCUT2D eigenvalue weighted by atomic mass is 16.4. The molecule has 0 spiro atoms. The Morgan fingerprint density at radius 2 is 1.76 bits per heavy atom. The summed E-state index contributed by atoms with van der Waals surface area (Å²) in [6.45, 7) is 2.14. The summed E-state index contributed by atoms with van der Waals surface area (Å²) in [6.07, 6.45) is 8.33. The van der Waals surface area contributed by atoms with Gasteiger partial charge in [0.05, 0.1) is 0 Å². The van der Waals surface area contributed by atoms with Crippen LogP contribution in [0.15, 0.2) is 0 Å². The second kappa shape index (κ2) is 6.67. The molecule has 120 valence electrons. The summed E-state index contributed by atoms with van der Waals surface area (Å²) in [4.78, 5) is 25.8. The first-order valence-electron chi connectivity index (χ1n) is 8.27. The molecule has 0 aliphatic heterocycles. The molecule has 0 unspecified atom stereocenters. The summed E-state index contributed by atoms with van der Waals surface area (Å²) in [5, 5.41) is 12.5. The van der Waals surface area contributed by atoms with Gasteiger partial charge in [0, 0.05) is 13.1 Å². The number of amides is 2. The number of carboxylic acid groups (broad SMARTS) is 1. The molecule has 5 nitrogen and oxygen atoms in total. The van der Waals surface area contributed by atoms with E-state index in [0.717, 1.165) is 44.9 Å². The molecule has 2 fully saturated rings. The molecule has 5 heteroatoms. The van der Waals surface area contributed by atoms with E-state index < -0.39 is 11.5 Å². The molecule has 0 aromatic rings. The lowest BCUT2D eigenvalue weighted by atomic mass is 9.75. The Kier molecular flexibility index (Phi) is 5.12. The van der Waals surface area contributed by atoms with Gasteiger partial charge in [0.25, 0.3) is 0 Å². The van der Waals surface area contributed by atoms with Crippen molar-refractivity contribution in [1.82, 2.24) is 10.2 Å². The van der Waals surface area contributed by atoms with E-state index in [0.29, 0.717) is 18.8 Å². The van der Waals surface area contributed by atoms with Gasteiger partial charge in [0.1, 0.15) is 5.54 Å². The van der Waals surface area contributed by atoms with Gasteiger partial charge in [0.2, 0.25) is 0 Å². The minimum atomic E-state index is -1.06. The first kappa shape index (κ1) is 16.1. The van der Waals surface area contributed by atoms with Crippen LogP contribution in [0.2, 0.25) is 0 Å². The molecule has 0 aromatic carbocycles. The zero-order valence-electron chi connectivity index (χ0n) is 13.2. The van der Waals surface area contributed by atoms with Crippen molar-refractivity contribution in [2.45, 2.75) is 76.3 Å². The summed E-state index contributed by atoms with van der Waals surface area (Å²) in [5.74, 6) is -0.285. The molecule has 0 atom stereocenters. The molecule has 0 heterocycles. The van der Waals surface area contributed by atoms with Crippen LogP contribution >= 0.6 is 0 Å². The van der Waals surface area contributed by atoms with E-state index in [4.69, 9.17) is 0 Å². The zero-order valence-corrected chi connectivity index (χ0v) is 13.2. The molecule has 0 radical (unpaired) electrons. The second-order valence-corrected chi connectivity index (χ2v) is 6.72. The van der Waals surface area contributed by atoms with Gasteiger partial charge in [-0.25, -0.2) is 9.59 Å². The van der Waals surface area contributed by atoms with E-state index in [2.05, 4.69) is 12.2 Å². The van der Waals surface area contributed by atoms with Crippen LogP contribution in [0, 0.1) is 5.92 Å². The SMILES string of the molecule is CCC1CCC(NC(=O)N(C)C2CCCC2)(C(=O)O)CC1. The molecular formula is C16H28N2O3. The fourth-order valence-electron chi connectivity index (χ4n) is 3.72. The van der Waals surface area contributed by atoms with Crippen LogP contribution in [0.5, 0.6) is 0 Å². The number of aliphatic carboxylic acids is 1. The molecule has 2 aliphatic rings. The highest BCUT2D eigenvalue weighted by Gasteiger charge is 2.43. The molecule has 0 saturated heterocycles. The Morgan fingerprint density at radius 3 is 2.24 bits per heavy atom. The fraction of sp³-hybridized carbons (Fsp3) is 0.875. The van der Waals surface area contributed by atoms with Gasteiger partial charge in [-0.1, -0.05) is 26.2 Å². The van der Waals surface area contributed by atoms with E-state index in [-0.39, 0.29) is 12.1 Å². The molecule has 2 N–H and O–H groups in total. The Hall–Kier alpha value is -1.26. The molecule has 0 aromatic heterocycles. The maximum absolute atomic E-state index is 12.4. The van der Waals surface area contributed by atoms with Crippen molar-refractivity contribution in [3.63, 3.8) is 0 Å². The summed E-state index contributed by atoms with van der Waals surface area (Å²) >= 11 is 0. The standard InChI is InChI=1S/C16H28N2O3/c1-3-12-8-10-16(11-9-12,14(19)20)17-15(21)18(2)13-6-4-5-7-13/h12-13H,3-11H2,1-2H3,(H,17,21)(H,19,20). The summed E-state index contributed by atoms with van der Waals surface area (Å²) in [6, 6.07) is 0.0436. The molecule has 2 rings (SSSR count). The topological polar surface area (TPSA) is 69.6 Å². The second-order valence-electron chi connectivity index (χ2n) is 6.72. The third-order valence-electron chi connectivity index (χ3n) is 5.48. The Bertz CT molecular complexity index is 383. The minimum absolute atomic E-state index is 0.223. The van der Waals surface area contributed by atoms with Gasteiger partial charge >= 0.3 is 12.0 Å². The maximum Gasteiger partial charge on any atom is 0.329 e. The lowest BCUT2D eigenvalue weighted by Crippen LogP contribution is -2.59. The third-order valence-corrected chi connectivity index (χ3v) is 5.48. The monoisotopic (exact) mass is 296 g/mol. The van der Waals surface area contributed by atoms with Crippen molar-refractivity contribution in [2.75, 3.05) is 7.05 Å². The molecule has 21 heavy (non-hydrogen) atoms. The van der Waals surface area contributed by atoms with E-state index in [1.54, 1.807) is 11.9 Å². The number of carbonyl (C=O) groups excluding carboxylic acids is 1. The number of carboxylic acids is 1. The Balaban J connectivity index is 1.99. The van der Waals surface area contributed by atoms with Crippen molar-refractivity contribution < 1.29 is 14.7 Å². The van der Waals surface area contributed by atoms with Crippen LogP contribution in [0.25, 0.3) is 0 Å². The molecule has 2 saturated carbocycles. The predicted octanol–water partition coefficient (Wildman–Crippen LogP) is 2.99. The third kappa shape index (κ3) is 3.50. The van der Waals surface area contributed by atoms with Gasteiger partial charge in [-0.2, -0.15) is 0 Å². The van der Waals surface area contributed by atoms with Crippen molar-refractivity contribution >= 4 is 12.0 Å². The minimum Gasteiger partial charge on any atom is -0.480 e. The summed E-state index contributed by atoms with van der Waals surface area (Å²) < 4.78 is 0. The molecule has 0 bridgehead atoms. The van der Waals surface area contributed by atoms with Crippen LogP contribution in [0.4, 0.5) is 4.79 Å². The van der Waals surface area contributed by atoms with Crippen LogP contribution in [-0.4, -0.2) is 40.6 Å². The Labute approximate surface area is 127 Å². The number of urea groups is 1. The number of nitrogens with one attached hydrogen (secondary N) is 1. The van der Waals surface area contributed by atoms with Crippen LogP contribution < -0.4 is 5.32 Å². The highest BCUT2D eigenvalue weighted by molar-refractivity contribution is 5.86. The van der Waals surface area contributed by atoms with E-state index in [1.807, 2.05) is 0 Å². The van der Waals surface area contributed by atoms with Gasteiger partial charge in [-0.3, -0.25) is 0 Å². The van der Waals surface area contributed by atoms with Gasteiger partial charge < -0.3 is 15.3 Å². The first-order chi connectivity index (χ1) is 9.98. The number of nitrogens with zero attached hydrogens (tertiary/aromatic N) is 1. The highest BCUT2D eigenvalue weighted by Crippen LogP contribution is 2.34. The van der Waals surface area contributed by atoms with E-state index in [9.17, 15) is 14.7 Å². The normalized spacial score (nSPS) is 30.1. The number of hydrogen-bond acceptors (Lipinski definition) is 2. The molecule has 2 aliphatic carbocycles. The van der Waals surface area contributed by atoms with Crippen LogP contribution in [-0.2, 0) is 4.79 Å². The predicted molar refractivity (Wildman–Crippen MR) is 81.2 cm³/mol. The fourth-order valence-corrected chi connectivity index (χ4v) is 3.72. The largest absolute Gasteiger partial charge is 0.480 e. The average molecular weight is 296 g/mol. The van der Waals surface area contributed by atoms with Gasteiger partial charge in [-0.15, -0.1) is 0 Å². The van der Waals surface area contributed by atoms with Gasteiger partial charge in [0.15, 0.2) is 0 Å². The quantitative estimate of drug-likeness (QED) is 0.838. The number of hydrogen-bond donors (Lipinski definition) is 2. The van der Waals surface area contributed by atoms with Crippen molar-refractivity contribution in [2.24, 2.45) is 5.92 Å². The lowest BCUT2D eigenvalue weighted by Gasteiger charge is -2.39. The maximum atomic E-state index is 12.4. The lowest BCUT2D eigenvalue weighted by molar-refractivity contribution is -0.146. The Morgan fingerprint density at radius 1 is 1.19 bits per heavy atom.